The maximum Gasteiger partial charge on any atom is 0.224 e. The van der Waals surface area contributed by atoms with Crippen LogP contribution in [0.1, 0.15) is 30.5 Å². The number of nitrogens with one attached hydrogen (secondary N) is 1. The van der Waals surface area contributed by atoms with Gasteiger partial charge in [0, 0.05) is 11.8 Å². The zero-order valence-electron chi connectivity index (χ0n) is 10.5. The summed E-state index contributed by atoms with van der Waals surface area (Å²) < 4.78 is 0. The number of nitrogens with zero attached hydrogens (tertiary/aromatic N) is 2. The van der Waals surface area contributed by atoms with E-state index in [1.165, 1.54) is 5.56 Å². The van der Waals surface area contributed by atoms with Crippen LogP contribution in [0.4, 0.5) is 5.82 Å². The summed E-state index contributed by atoms with van der Waals surface area (Å²) >= 11 is 5.83. The Hall–Kier alpha value is -1.61. The molecule has 0 amide bonds. The van der Waals surface area contributed by atoms with Crippen molar-refractivity contribution >= 4 is 17.4 Å². The molecule has 2 aromatic rings. The molecule has 2 rings (SSSR count). The molecular formula is C14H16ClN3. The Morgan fingerprint density at radius 2 is 2.00 bits per heavy atom. The molecule has 0 spiro atoms. The van der Waals surface area contributed by atoms with Crippen molar-refractivity contribution in [3.05, 3.63) is 52.9 Å². The highest BCUT2D eigenvalue weighted by atomic mass is 35.5. The smallest absolute Gasteiger partial charge is 0.224 e. The SMILES string of the molecule is CCC(Nc1nc(Cl)ncc1C)c1ccccc1. The lowest BCUT2D eigenvalue weighted by atomic mass is 10.0. The van der Waals surface area contributed by atoms with Crippen molar-refractivity contribution in [2.75, 3.05) is 5.32 Å². The van der Waals surface area contributed by atoms with Crippen molar-refractivity contribution in [1.29, 1.82) is 0 Å². The molecule has 1 aromatic heterocycles. The summed E-state index contributed by atoms with van der Waals surface area (Å²) in [5.41, 5.74) is 2.24. The number of anilines is 1. The fourth-order valence-corrected chi connectivity index (χ4v) is 1.97. The Balaban J connectivity index is 2.23. The Morgan fingerprint density at radius 1 is 1.28 bits per heavy atom. The summed E-state index contributed by atoms with van der Waals surface area (Å²) in [6, 6.07) is 10.6. The van der Waals surface area contributed by atoms with E-state index >= 15 is 0 Å². The first-order chi connectivity index (χ1) is 8.70. The van der Waals surface area contributed by atoms with E-state index < -0.39 is 0 Å². The lowest BCUT2D eigenvalue weighted by Gasteiger charge is -2.19. The van der Waals surface area contributed by atoms with Crippen molar-refractivity contribution in [2.45, 2.75) is 26.3 Å². The highest BCUT2D eigenvalue weighted by Crippen LogP contribution is 2.23. The van der Waals surface area contributed by atoms with Crippen LogP contribution < -0.4 is 5.32 Å². The predicted molar refractivity (Wildman–Crippen MR) is 74.9 cm³/mol. The van der Waals surface area contributed by atoms with Crippen LogP contribution in [0.3, 0.4) is 0 Å². The average molecular weight is 262 g/mol. The van der Waals surface area contributed by atoms with Gasteiger partial charge in [0.15, 0.2) is 0 Å². The van der Waals surface area contributed by atoms with Gasteiger partial charge in [-0.15, -0.1) is 0 Å². The number of aryl methyl sites for hydroxylation is 1. The topological polar surface area (TPSA) is 37.8 Å². The van der Waals surface area contributed by atoms with Crippen molar-refractivity contribution in [1.82, 2.24) is 9.97 Å². The summed E-state index contributed by atoms with van der Waals surface area (Å²) in [6.07, 6.45) is 2.71. The normalized spacial score (nSPS) is 12.2. The maximum atomic E-state index is 5.83. The molecule has 1 N–H and O–H groups in total. The molecule has 1 aromatic carbocycles. The fraction of sp³-hybridized carbons (Fsp3) is 0.286. The highest BCUT2D eigenvalue weighted by molar-refractivity contribution is 6.28. The van der Waals surface area contributed by atoms with E-state index in [0.717, 1.165) is 17.8 Å². The number of halogens is 1. The molecule has 3 nitrogen and oxygen atoms in total. The number of hydrogen-bond donors (Lipinski definition) is 1. The third kappa shape index (κ3) is 2.99. The van der Waals surface area contributed by atoms with Gasteiger partial charge >= 0.3 is 0 Å². The van der Waals surface area contributed by atoms with Crippen LogP contribution in [0.2, 0.25) is 5.28 Å². The Labute approximate surface area is 112 Å². The van der Waals surface area contributed by atoms with Gasteiger partial charge in [-0.1, -0.05) is 37.3 Å². The maximum absolute atomic E-state index is 5.83. The molecule has 0 aliphatic rings. The second-order valence-corrected chi connectivity index (χ2v) is 4.52. The largest absolute Gasteiger partial charge is 0.363 e. The molecule has 0 aliphatic carbocycles. The summed E-state index contributed by atoms with van der Waals surface area (Å²) in [6.45, 7) is 4.11. The number of hydrogen-bond acceptors (Lipinski definition) is 3. The first kappa shape index (κ1) is 12.8. The minimum Gasteiger partial charge on any atom is -0.363 e. The van der Waals surface area contributed by atoms with Crippen LogP contribution in [-0.4, -0.2) is 9.97 Å². The van der Waals surface area contributed by atoms with E-state index in [-0.39, 0.29) is 11.3 Å². The molecule has 1 atom stereocenters. The molecule has 18 heavy (non-hydrogen) atoms. The Morgan fingerprint density at radius 3 is 2.67 bits per heavy atom. The van der Waals surface area contributed by atoms with E-state index in [2.05, 4.69) is 34.3 Å². The molecule has 0 radical (unpaired) electrons. The van der Waals surface area contributed by atoms with Crippen molar-refractivity contribution in [3.63, 3.8) is 0 Å². The molecule has 4 heteroatoms. The molecule has 0 fully saturated rings. The number of aromatic nitrogens is 2. The third-order valence-electron chi connectivity index (χ3n) is 2.86. The van der Waals surface area contributed by atoms with Crippen LogP contribution in [0.5, 0.6) is 0 Å². The van der Waals surface area contributed by atoms with Gasteiger partial charge in [-0.3, -0.25) is 0 Å². The standard InChI is InChI=1S/C14H16ClN3/c1-3-12(11-7-5-4-6-8-11)17-13-10(2)9-16-14(15)18-13/h4-9,12H,3H2,1-2H3,(H,16,17,18). The zero-order valence-corrected chi connectivity index (χ0v) is 11.3. The summed E-state index contributed by atoms with van der Waals surface area (Å²) in [5.74, 6) is 0.797. The summed E-state index contributed by atoms with van der Waals surface area (Å²) in [7, 11) is 0. The van der Waals surface area contributed by atoms with Crippen LogP contribution >= 0.6 is 11.6 Å². The van der Waals surface area contributed by atoms with Gasteiger partial charge in [0.25, 0.3) is 0 Å². The molecule has 0 bridgehead atoms. The summed E-state index contributed by atoms with van der Waals surface area (Å²) in [4.78, 5) is 8.19. The lowest BCUT2D eigenvalue weighted by Crippen LogP contribution is -2.12. The van der Waals surface area contributed by atoms with Crippen LogP contribution in [0, 0.1) is 6.92 Å². The van der Waals surface area contributed by atoms with Crippen LogP contribution in [0.25, 0.3) is 0 Å². The van der Waals surface area contributed by atoms with E-state index in [0.29, 0.717) is 0 Å². The van der Waals surface area contributed by atoms with Gasteiger partial charge in [0.2, 0.25) is 5.28 Å². The van der Waals surface area contributed by atoms with Crippen molar-refractivity contribution < 1.29 is 0 Å². The van der Waals surface area contributed by atoms with Gasteiger partial charge in [-0.25, -0.2) is 9.97 Å². The molecule has 1 unspecified atom stereocenters. The van der Waals surface area contributed by atoms with E-state index in [1.807, 2.05) is 25.1 Å². The predicted octanol–water partition coefficient (Wildman–Crippen LogP) is 4.00. The second-order valence-electron chi connectivity index (χ2n) is 4.19. The van der Waals surface area contributed by atoms with Crippen molar-refractivity contribution in [3.8, 4) is 0 Å². The highest BCUT2D eigenvalue weighted by Gasteiger charge is 2.11. The zero-order chi connectivity index (χ0) is 13.0. The van der Waals surface area contributed by atoms with Gasteiger partial charge < -0.3 is 5.32 Å². The Bertz CT molecular complexity index is 514. The number of benzene rings is 1. The Kier molecular flexibility index (Phi) is 4.15. The minimum absolute atomic E-state index is 0.232. The van der Waals surface area contributed by atoms with Gasteiger partial charge in [0.1, 0.15) is 5.82 Å². The average Bonchev–Trinajstić information content (AvgIpc) is 2.41. The van der Waals surface area contributed by atoms with Crippen LogP contribution in [0.15, 0.2) is 36.5 Å². The molecule has 94 valence electrons. The van der Waals surface area contributed by atoms with Crippen molar-refractivity contribution in [2.24, 2.45) is 0 Å². The quantitative estimate of drug-likeness (QED) is 0.846. The number of rotatable bonds is 4. The molecule has 0 saturated heterocycles. The second kappa shape index (κ2) is 5.83. The minimum atomic E-state index is 0.232. The van der Waals surface area contributed by atoms with E-state index in [1.54, 1.807) is 6.20 Å². The third-order valence-corrected chi connectivity index (χ3v) is 3.05. The first-order valence-corrected chi connectivity index (χ1v) is 6.39. The van der Waals surface area contributed by atoms with Gasteiger partial charge in [-0.2, -0.15) is 0 Å². The molecular weight excluding hydrogens is 246 g/mol. The molecule has 0 saturated carbocycles. The molecule has 0 aliphatic heterocycles. The molecule has 1 heterocycles. The van der Waals surface area contributed by atoms with Gasteiger partial charge in [-0.05, 0) is 30.5 Å². The lowest BCUT2D eigenvalue weighted by molar-refractivity contribution is 0.742. The van der Waals surface area contributed by atoms with Gasteiger partial charge in [0.05, 0.1) is 6.04 Å². The van der Waals surface area contributed by atoms with E-state index in [9.17, 15) is 0 Å². The monoisotopic (exact) mass is 261 g/mol. The fourth-order valence-electron chi connectivity index (χ4n) is 1.84. The van der Waals surface area contributed by atoms with E-state index in [4.69, 9.17) is 11.6 Å². The summed E-state index contributed by atoms with van der Waals surface area (Å²) in [5, 5.41) is 3.69. The van der Waals surface area contributed by atoms with Crippen LogP contribution in [-0.2, 0) is 0 Å². The first-order valence-electron chi connectivity index (χ1n) is 6.01.